The first kappa shape index (κ1) is 21.3. The average Bonchev–Trinajstić information content (AvgIpc) is 3.01. The van der Waals surface area contributed by atoms with E-state index in [0.717, 1.165) is 9.80 Å². The van der Waals surface area contributed by atoms with Gasteiger partial charge in [-0.3, -0.25) is 9.69 Å². The molecule has 2 heterocycles. The summed E-state index contributed by atoms with van der Waals surface area (Å²) in [6.45, 7) is 4.85. The first-order valence-corrected chi connectivity index (χ1v) is 8.92. The average molecular weight is 394 g/mol. The summed E-state index contributed by atoms with van der Waals surface area (Å²) >= 11 is 0. The maximum atomic E-state index is 13.2. The van der Waals surface area contributed by atoms with Gasteiger partial charge in [0.15, 0.2) is 0 Å². The van der Waals surface area contributed by atoms with Gasteiger partial charge in [-0.15, -0.1) is 0 Å². The third kappa shape index (κ3) is 4.84. The predicted molar refractivity (Wildman–Crippen MR) is 87.9 cm³/mol. The van der Waals surface area contributed by atoms with Crippen LogP contribution in [0.3, 0.4) is 0 Å². The number of likely N-dealkylation sites (tertiary alicyclic amines) is 2. The smallest absolute Gasteiger partial charge is 0.411 e. The Hall–Kier alpha value is -2.00. The molecule has 2 fully saturated rings. The number of carboxylic acid groups (broad SMARTS) is 1. The molecule has 0 spiro atoms. The van der Waals surface area contributed by atoms with Gasteiger partial charge in [0.05, 0.1) is 5.92 Å². The number of halogens is 3. The predicted octanol–water partition coefficient (Wildman–Crippen LogP) is 2.64. The Kier molecular flexibility index (Phi) is 5.96. The van der Waals surface area contributed by atoms with Crippen molar-refractivity contribution >= 4 is 18.0 Å². The summed E-state index contributed by atoms with van der Waals surface area (Å²) in [4.78, 5) is 38.7. The van der Waals surface area contributed by atoms with E-state index in [2.05, 4.69) is 0 Å². The summed E-state index contributed by atoms with van der Waals surface area (Å²) in [6.07, 6.45) is -5.03. The minimum absolute atomic E-state index is 0.0678. The minimum atomic E-state index is -4.57. The molecule has 10 heteroatoms. The van der Waals surface area contributed by atoms with E-state index in [0.29, 0.717) is 6.42 Å². The van der Waals surface area contributed by atoms with Crippen LogP contribution in [0.4, 0.5) is 18.0 Å². The molecular formula is C17H25F3N2O5. The fraction of sp³-hybridized carbons (Fsp3) is 0.824. The van der Waals surface area contributed by atoms with Crippen molar-refractivity contribution in [3.63, 3.8) is 0 Å². The lowest BCUT2D eigenvalue weighted by atomic mass is 9.87. The second-order valence-electron chi connectivity index (χ2n) is 7.94. The van der Waals surface area contributed by atoms with E-state index in [4.69, 9.17) is 4.74 Å². The lowest BCUT2D eigenvalue weighted by Gasteiger charge is -2.40. The molecule has 2 aliphatic heterocycles. The van der Waals surface area contributed by atoms with Crippen LogP contribution in [0.1, 0.15) is 46.5 Å². The molecule has 2 rings (SSSR count). The zero-order valence-electron chi connectivity index (χ0n) is 15.6. The molecule has 2 aliphatic rings. The van der Waals surface area contributed by atoms with Crippen LogP contribution in [0, 0.1) is 5.92 Å². The highest BCUT2D eigenvalue weighted by atomic mass is 19.4. The number of aliphatic carboxylic acids is 1. The topological polar surface area (TPSA) is 87.2 Å². The number of hydrogen-bond donors (Lipinski definition) is 1. The van der Waals surface area contributed by atoms with Crippen LogP contribution >= 0.6 is 0 Å². The first-order chi connectivity index (χ1) is 12.3. The standard InChI is InChI=1S/C17H25F3N2O5/c1-16(2,3)27-15(26)22-9-4-6-10(12(22)14(24)25)13(23)21-8-5-7-11(21)17(18,19)20/h10-12H,4-9H2,1-3H3,(H,24,25)/t10-,11+,12+/m0/s1. The van der Waals surface area contributed by atoms with E-state index in [1.54, 1.807) is 20.8 Å². The molecular weight excluding hydrogens is 369 g/mol. The number of amides is 2. The molecule has 1 N–H and O–H groups in total. The van der Waals surface area contributed by atoms with Crippen molar-refractivity contribution in [1.82, 2.24) is 9.80 Å². The zero-order valence-corrected chi connectivity index (χ0v) is 15.6. The van der Waals surface area contributed by atoms with Crippen molar-refractivity contribution in [2.24, 2.45) is 5.92 Å². The Labute approximate surface area is 155 Å². The molecule has 0 unspecified atom stereocenters. The summed E-state index contributed by atoms with van der Waals surface area (Å²) in [5.41, 5.74) is -0.868. The highest BCUT2D eigenvalue weighted by Gasteiger charge is 2.52. The van der Waals surface area contributed by atoms with Gasteiger partial charge in [-0.2, -0.15) is 13.2 Å². The Morgan fingerprint density at radius 1 is 1.00 bits per heavy atom. The number of rotatable bonds is 2. The molecule has 0 aromatic carbocycles. The van der Waals surface area contributed by atoms with Gasteiger partial charge in [0.1, 0.15) is 17.7 Å². The Balaban J connectivity index is 2.25. The van der Waals surface area contributed by atoms with Gasteiger partial charge in [-0.05, 0) is 46.5 Å². The van der Waals surface area contributed by atoms with Crippen molar-refractivity contribution in [2.45, 2.75) is 70.3 Å². The zero-order chi connectivity index (χ0) is 20.6. The van der Waals surface area contributed by atoms with Crippen molar-refractivity contribution in [3.05, 3.63) is 0 Å². The van der Waals surface area contributed by atoms with Gasteiger partial charge in [0, 0.05) is 13.1 Å². The van der Waals surface area contributed by atoms with Crippen LogP contribution in [-0.2, 0) is 14.3 Å². The van der Waals surface area contributed by atoms with Crippen molar-refractivity contribution in [3.8, 4) is 0 Å². The summed E-state index contributed by atoms with van der Waals surface area (Å²) in [6, 6.07) is -3.45. The van der Waals surface area contributed by atoms with Crippen LogP contribution in [-0.4, -0.2) is 69.8 Å². The molecule has 0 aliphatic carbocycles. The summed E-state index contributed by atoms with van der Waals surface area (Å²) in [7, 11) is 0. The number of carboxylic acids is 1. The van der Waals surface area contributed by atoms with E-state index < -0.39 is 47.7 Å². The molecule has 0 aromatic heterocycles. The van der Waals surface area contributed by atoms with Gasteiger partial charge in [-0.25, -0.2) is 9.59 Å². The molecule has 2 amide bonds. The van der Waals surface area contributed by atoms with Crippen molar-refractivity contribution in [2.75, 3.05) is 13.1 Å². The van der Waals surface area contributed by atoms with Gasteiger partial charge in [-0.1, -0.05) is 0 Å². The Bertz CT molecular complexity index is 602. The number of alkyl halides is 3. The van der Waals surface area contributed by atoms with Crippen molar-refractivity contribution < 1.29 is 37.4 Å². The molecule has 3 atom stereocenters. The highest BCUT2D eigenvalue weighted by molar-refractivity contribution is 5.90. The maximum absolute atomic E-state index is 13.2. The van der Waals surface area contributed by atoms with Crippen LogP contribution in [0.5, 0.6) is 0 Å². The minimum Gasteiger partial charge on any atom is -0.480 e. The number of carbonyl (C=O) groups is 3. The third-order valence-corrected chi connectivity index (χ3v) is 4.74. The largest absolute Gasteiger partial charge is 0.480 e. The SMILES string of the molecule is CC(C)(C)OC(=O)N1CCC[C@H](C(=O)N2CCC[C@@H]2C(F)(F)F)[C@@H]1C(=O)O. The van der Waals surface area contributed by atoms with E-state index in [1.807, 2.05) is 0 Å². The number of ether oxygens (including phenoxy) is 1. The first-order valence-electron chi connectivity index (χ1n) is 8.92. The second kappa shape index (κ2) is 7.55. The van der Waals surface area contributed by atoms with E-state index in [1.165, 1.54) is 0 Å². The monoisotopic (exact) mass is 394 g/mol. The molecule has 27 heavy (non-hydrogen) atoms. The normalized spacial score (nSPS) is 26.8. The lowest BCUT2D eigenvalue weighted by Crippen LogP contribution is -2.59. The fourth-order valence-corrected chi connectivity index (χ4v) is 3.67. The number of carbonyl (C=O) groups excluding carboxylic acids is 2. The molecule has 0 radical (unpaired) electrons. The van der Waals surface area contributed by atoms with E-state index >= 15 is 0 Å². The van der Waals surface area contributed by atoms with E-state index in [-0.39, 0.29) is 32.4 Å². The summed E-state index contributed by atoms with van der Waals surface area (Å²) in [5.74, 6) is -3.52. The van der Waals surface area contributed by atoms with E-state index in [9.17, 15) is 32.7 Å². The van der Waals surface area contributed by atoms with Crippen molar-refractivity contribution in [1.29, 1.82) is 0 Å². The number of nitrogens with zero attached hydrogens (tertiary/aromatic N) is 2. The summed E-state index contributed by atoms with van der Waals surface area (Å²) in [5, 5.41) is 9.60. The Morgan fingerprint density at radius 3 is 2.07 bits per heavy atom. The maximum Gasteiger partial charge on any atom is 0.411 e. The van der Waals surface area contributed by atoms with Crippen LogP contribution in [0.25, 0.3) is 0 Å². The fourth-order valence-electron chi connectivity index (χ4n) is 3.67. The van der Waals surface area contributed by atoms with Gasteiger partial charge >= 0.3 is 18.2 Å². The highest BCUT2D eigenvalue weighted by Crippen LogP contribution is 2.36. The molecule has 0 bridgehead atoms. The van der Waals surface area contributed by atoms with Gasteiger partial charge < -0.3 is 14.7 Å². The van der Waals surface area contributed by atoms with Gasteiger partial charge in [0.2, 0.25) is 5.91 Å². The molecule has 7 nitrogen and oxygen atoms in total. The number of piperidine rings is 1. The van der Waals surface area contributed by atoms with Gasteiger partial charge in [0.25, 0.3) is 0 Å². The molecule has 0 aromatic rings. The van der Waals surface area contributed by atoms with Crippen LogP contribution in [0.2, 0.25) is 0 Å². The second-order valence-corrected chi connectivity index (χ2v) is 7.94. The lowest BCUT2D eigenvalue weighted by molar-refractivity contribution is -0.186. The van der Waals surface area contributed by atoms with Crippen LogP contribution < -0.4 is 0 Å². The molecule has 2 saturated heterocycles. The molecule has 154 valence electrons. The summed E-state index contributed by atoms with van der Waals surface area (Å²) < 4.78 is 44.8. The van der Waals surface area contributed by atoms with Crippen LogP contribution in [0.15, 0.2) is 0 Å². The quantitative estimate of drug-likeness (QED) is 0.778. The third-order valence-electron chi connectivity index (χ3n) is 4.74. The molecule has 0 saturated carbocycles. The number of hydrogen-bond acceptors (Lipinski definition) is 4. The Morgan fingerprint density at radius 2 is 1.56 bits per heavy atom.